The molecule has 0 saturated heterocycles. The third kappa shape index (κ3) is 5.85. The average molecular weight is 434 g/mol. The van der Waals surface area contributed by atoms with E-state index in [9.17, 15) is 9.59 Å². The molecule has 0 spiro atoms. The van der Waals surface area contributed by atoms with E-state index in [0.29, 0.717) is 35.7 Å². The minimum atomic E-state index is -0.310. The van der Waals surface area contributed by atoms with Gasteiger partial charge in [0.25, 0.3) is 5.91 Å². The van der Waals surface area contributed by atoms with Gasteiger partial charge in [-0.15, -0.1) is 0 Å². The summed E-state index contributed by atoms with van der Waals surface area (Å²) in [6.07, 6.45) is 0.752. The zero-order valence-electron chi connectivity index (χ0n) is 18.5. The Balaban J connectivity index is 1.49. The molecule has 32 heavy (non-hydrogen) atoms. The van der Waals surface area contributed by atoms with Gasteiger partial charge in [0.2, 0.25) is 5.91 Å². The summed E-state index contributed by atoms with van der Waals surface area (Å²) in [4.78, 5) is 24.7. The van der Waals surface area contributed by atoms with Crippen LogP contribution in [-0.4, -0.2) is 38.3 Å². The first-order valence-electron chi connectivity index (χ1n) is 10.3. The second-order valence-corrected chi connectivity index (χ2v) is 7.28. The number of nitrogens with one attached hydrogen (secondary N) is 2. The van der Waals surface area contributed by atoms with Crippen molar-refractivity contribution < 1.29 is 19.1 Å². The smallest absolute Gasteiger partial charge is 0.271 e. The molecule has 0 radical (unpaired) electrons. The molecule has 0 fully saturated rings. The van der Waals surface area contributed by atoms with Crippen LogP contribution < -0.4 is 20.2 Å². The first-order chi connectivity index (χ1) is 15.5. The van der Waals surface area contributed by atoms with E-state index in [1.54, 1.807) is 27.2 Å². The summed E-state index contributed by atoms with van der Waals surface area (Å²) in [7, 11) is 3.18. The third-order valence-corrected chi connectivity index (χ3v) is 4.98. The van der Waals surface area contributed by atoms with Crippen LogP contribution in [0.1, 0.15) is 29.3 Å². The van der Waals surface area contributed by atoms with Crippen molar-refractivity contribution in [1.82, 2.24) is 10.7 Å². The number of ether oxygens (including phenoxy) is 2. The Morgan fingerprint density at radius 2 is 1.69 bits per heavy atom. The van der Waals surface area contributed by atoms with E-state index in [4.69, 9.17) is 9.47 Å². The molecule has 7 heteroatoms. The standard InChI is InChI=1S/C25H27N3O4/c1-17(27-28-25(30)21-10-6-8-19-7-4-5-9-20(19)21)15-24(29)26-14-13-18-11-12-22(31-2)23(16-18)32-3/h4-12,16H,13-15H2,1-3H3,(H,26,29)(H,28,30)/b27-17+. The third-order valence-electron chi connectivity index (χ3n) is 4.98. The van der Waals surface area contributed by atoms with E-state index < -0.39 is 0 Å². The highest BCUT2D eigenvalue weighted by Crippen LogP contribution is 2.27. The highest BCUT2D eigenvalue weighted by molar-refractivity contribution is 6.07. The van der Waals surface area contributed by atoms with Crippen molar-refractivity contribution in [3.05, 3.63) is 71.8 Å². The van der Waals surface area contributed by atoms with Gasteiger partial charge in [-0.3, -0.25) is 9.59 Å². The Labute approximate surface area is 187 Å². The number of methoxy groups -OCH3 is 2. The lowest BCUT2D eigenvalue weighted by molar-refractivity contribution is -0.119. The predicted molar refractivity (Wildman–Crippen MR) is 125 cm³/mol. The van der Waals surface area contributed by atoms with Crippen LogP contribution in [0, 0.1) is 0 Å². The fourth-order valence-corrected chi connectivity index (χ4v) is 3.35. The normalized spacial score (nSPS) is 11.2. The molecule has 3 aromatic carbocycles. The number of hydrogen-bond acceptors (Lipinski definition) is 5. The van der Waals surface area contributed by atoms with Crippen LogP contribution in [0.15, 0.2) is 65.8 Å². The van der Waals surface area contributed by atoms with E-state index >= 15 is 0 Å². The molecule has 0 heterocycles. The number of amides is 2. The van der Waals surface area contributed by atoms with Crippen molar-refractivity contribution in [1.29, 1.82) is 0 Å². The van der Waals surface area contributed by atoms with Crippen molar-refractivity contribution >= 4 is 28.3 Å². The molecule has 2 N–H and O–H groups in total. The summed E-state index contributed by atoms with van der Waals surface area (Å²) in [5, 5.41) is 8.78. The quantitative estimate of drug-likeness (QED) is 0.398. The molecule has 0 saturated carbocycles. The SMILES string of the molecule is COc1ccc(CCNC(=O)C/C(C)=N/NC(=O)c2cccc3ccccc23)cc1OC. The summed E-state index contributed by atoms with van der Waals surface area (Å²) < 4.78 is 10.5. The van der Waals surface area contributed by atoms with Crippen molar-refractivity contribution in [2.24, 2.45) is 5.10 Å². The molecule has 3 aromatic rings. The van der Waals surface area contributed by atoms with Gasteiger partial charge in [-0.05, 0) is 47.9 Å². The van der Waals surface area contributed by atoms with Gasteiger partial charge < -0.3 is 14.8 Å². The maximum Gasteiger partial charge on any atom is 0.271 e. The maximum atomic E-state index is 12.5. The van der Waals surface area contributed by atoms with Gasteiger partial charge in [0.1, 0.15) is 0 Å². The average Bonchev–Trinajstić information content (AvgIpc) is 2.82. The van der Waals surface area contributed by atoms with Crippen LogP contribution in [0.25, 0.3) is 10.8 Å². The van der Waals surface area contributed by atoms with Crippen molar-refractivity contribution in [3.8, 4) is 11.5 Å². The van der Waals surface area contributed by atoms with Crippen LogP contribution in [0.3, 0.4) is 0 Å². The number of carbonyl (C=O) groups is 2. The molecule has 0 aliphatic rings. The van der Waals surface area contributed by atoms with Crippen molar-refractivity contribution in [2.45, 2.75) is 19.8 Å². The molecule has 0 bridgehead atoms. The van der Waals surface area contributed by atoms with Gasteiger partial charge in [0.15, 0.2) is 11.5 Å². The zero-order chi connectivity index (χ0) is 22.9. The van der Waals surface area contributed by atoms with E-state index in [-0.39, 0.29) is 18.2 Å². The van der Waals surface area contributed by atoms with E-state index in [2.05, 4.69) is 15.8 Å². The Kier molecular flexibility index (Phi) is 7.80. The Bertz CT molecular complexity index is 1140. The lowest BCUT2D eigenvalue weighted by atomic mass is 10.0. The topological polar surface area (TPSA) is 89.0 Å². The number of carbonyl (C=O) groups excluding carboxylic acids is 2. The zero-order valence-corrected chi connectivity index (χ0v) is 18.5. The highest BCUT2D eigenvalue weighted by Gasteiger charge is 2.10. The van der Waals surface area contributed by atoms with Crippen LogP contribution in [-0.2, 0) is 11.2 Å². The second-order valence-electron chi connectivity index (χ2n) is 7.28. The molecule has 0 atom stereocenters. The fraction of sp³-hybridized carbons (Fsp3) is 0.240. The number of fused-ring (bicyclic) bond motifs is 1. The van der Waals surface area contributed by atoms with Gasteiger partial charge in [0.05, 0.1) is 20.6 Å². The molecular formula is C25H27N3O4. The van der Waals surface area contributed by atoms with E-state index in [1.165, 1.54) is 0 Å². The number of nitrogens with zero attached hydrogens (tertiary/aromatic N) is 1. The molecule has 0 aliphatic heterocycles. The lowest BCUT2D eigenvalue weighted by Crippen LogP contribution is -2.28. The molecule has 0 aromatic heterocycles. The van der Waals surface area contributed by atoms with Gasteiger partial charge in [0, 0.05) is 17.8 Å². The molecule has 0 unspecified atom stereocenters. The van der Waals surface area contributed by atoms with Crippen LogP contribution >= 0.6 is 0 Å². The van der Waals surface area contributed by atoms with Gasteiger partial charge in [-0.2, -0.15) is 5.10 Å². The molecule has 7 nitrogen and oxygen atoms in total. The Morgan fingerprint density at radius 3 is 2.47 bits per heavy atom. The van der Waals surface area contributed by atoms with Crippen molar-refractivity contribution in [3.63, 3.8) is 0 Å². The van der Waals surface area contributed by atoms with Crippen LogP contribution in [0.5, 0.6) is 11.5 Å². The fourth-order valence-electron chi connectivity index (χ4n) is 3.35. The summed E-state index contributed by atoms with van der Waals surface area (Å²) in [6.45, 7) is 2.18. The van der Waals surface area contributed by atoms with E-state index in [1.807, 2.05) is 54.6 Å². The number of rotatable bonds is 9. The largest absolute Gasteiger partial charge is 0.493 e. The summed E-state index contributed by atoms with van der Waals surface area (Å²) in [6, 6.07) is 18.9. The summed E-state index contributed by atoms with van der Waals surface area (Å²) in [5.41, 5.74) is 4.63. The first kappa shape index (κ1) is 22.8. The minimum absolute atomic E-state index is 0.0990. The maximum absolute atomic E-state index is 12.5. The predicted octanol–water partition coefficient (Wildman–Crippen LogP) is 3.71. The molecule has 0 aliphatic carbocycles. The summed E-state index contributed by atoms with van der Waals surface area (Å²) >= 11 is 0. The number of hydrogen-bond donors (Lipinski definition) is 2. The van der Waals surface area contributed by atoms with Gasteiger partial charge >= 0.3 is 0 Å². The van der Waals surface area contributed by atoms with Crippen LogP contribution in [0.4, 0.5) is 0 Å². The molecular weight excluding hydrogens is 406 g/mol. The second kappa shape index (κ2) is 10.9. The van der Waals surface area contributed by atoms with Gasteiger partial charge in [-0.25, -0.2) is 5.43 Å². The number of benzene rings is 3. The van der Waals surface area contributed by atoms with Crippen molar-refractivity contribution in [2.75, 3.05) is 20.8 Å². The highest BCUT2D eigenvalue weighted by atomic mass is 16.5. The Hall–Kier alpha value is -3.87. The summed E-state index contributed by atoms with van der Waals surface area (Å²) in [5.74, 6) is 0.847. The molecule has 166 valence electrons. The van der Waals surface area contributed by atoms with Crippen LogP contribution in [0.2, 0.25) is 0 Å². The minimum Gasteiger partial charge on any atom is -0.493 e. The lowest BCUT2D eigenvalue weighted by Gasteiger charge is -2.10. The first-order valence-corrected chi connectivity index (χ1v) is 10.3. The monoisotopic (exact) mass is 433 g/mol. The molecule has 3 rings (SSSR count). The van der Waals surface area contributed by atoms with E-state index in [0.717, 1.165) is 16.3 Å². The Morgan fingerprint density at radius 1 is 0.938 bits per heavy atom. The van der Waals surface area contributed by atoms with Gasteiger partial charge in [-0.1, -0.05) is 42.5 Å². The number of hydrazone groups is 1. The molecule has 2 amide bonds.